The molecule has 0 N–H and O–H groups in total. The molecule has 96 valence electrons. The Balaban J connectivity index is 2.13. The minimum atomic E-state index is 0.603. The molecule has 0 aliphatic carbocycles. The number of aromatic nitrogens is 2. The molecule has 3 nitrogen and oxygen atoms in total. The molecule has 0 fully saturated rings. The normalized spacial score (nSPS) is 16.5. The fourth-order valence-electron chi connectivity index (χ4n) is 2.99. The summed E-state index contributed by atoms with van der Waals surface area (Å²) in [6.45, 7) is 11.0. The van der Waals surface area contributed by atoms with E-state index < -0.39 is 0 Å². The highest BCUT2D eigenvalue weighted by atomic mass is 15.2. The molecule has 3 heteroatoms. The molecular weight excluding hydrogens is 222 g/mol. The summed E-state index contributed by atoms with van der Waals surface area (Å²) in [6.07, 6.45) is 1.11. The molecular formula is C15H21N3. The van der Waals surface area contributed by atoms with Gasteiger partial charge in [0.1, 0.15) is 5.65 Å². The average molecular weight is 243 g/mol. The van der Waals surface area contributed by atoms with Gasteiger partial charge in [-0.3, -0.25) is 4.90 Å². The lowest BCUT2D eigenvalue weighted by molar-refractivity contribution is 0.199. The van der Waals surface area contributed by atoms with Crippen molar-refractivity contribution >= 4 is 5.65 Å². The van der Waals surface area contributed by atoms with Crippen LogP contribution in [-0.4, -0.2) is 26.9 Å². The van der Waals surface area contributed by atoms with E-state index in [0.717, 1.165) is 25.2 Å². The third kappa shape index (κ3) is 1.74. The largest absolute Gasteiger partial charge is 0.301 e. The highest BCUT2D eigenvalue weighted by Crippen LogP contribution is 2.23. The molecule has 0 saturated carbocycles. The fraction of sp³-hybridized carbons (Fsp3) is 0.533. The van der Waals surface area contributed by atoms with Crippen LogP contribution in [0.3, 0.4) is 0 Å². The zero-order valence-electron chi connectivity index (χ0n) is 11.7. The zero-order chi connectivity index (χ0) is 12.9. The first-order valence-corrected chi connectivity index (χ1v) is 6.78. The lowest BCUT2D eigenvalue weighted by Gasteiger charge is -2.29. The van der Waals surface area contributed by atoms with Gasteiger partial charge in [-0.15, -0.1) is 0 Å². The minimum Gasteiger partial charge on any atom is -0.301 e. The molecule has 1 aliphatic heterocycles. The van der Waals surface area contributed by atoms with Crippen molar-refractivity contribution in [2.75, 3.05) is 6.54 Å². The maximum atomic E-state index is 4.83. The van der Waals surface area contributed by atoms with Crippen molar-refractivity contribution in [1.29, 1.82) is 0 Å². The molecule has 0 spiro atoms. The van der Waals surface area contributed by atoms with Crippen molar-refractivity contribution in [1.82, 2.24) is 14.3 Å². The molecule has 0 atom stereocenters. The van der Waals surface area contributed by atoms with Gasteiger partial charge in [0.15, 0.2) is 0 Å². The smallest absolute Gasteiger partial charge is 0.137 e. The molecule has 1 aliphatic rings. The minimum absolute atomic E-state index is 0.603. The predicted molar refractivity (Wildman–Crippen MR) is 73.9 cm³/mol. The number of nitrogens with zero attached hydrogens (tertiary/aromatic N) is 3. The Morgan fingerprint density at radius 3 is 2.72 bits per heavy atom. The maximum absolute atomic E-state index is 4.83. The SMILES string of the molecule is Cc1cc(C)n2c3c(nc2c1)CN(C(C)C)CC3. The number of fused-ring (bicyclic) bond motifs is 3. The van der Waals surface area contributed by atoms with Crippen LogP contribution in [0, 0.1) is 13.8 Å². The van der Waals surface area contributed by atoms with Crippen LogP contribution < -0.4 is 0 Å². The summed E-state index contributed by atoms with van der Waals surface area (Å²) >= 11 is 0. The molecule has 0 amide bonds. The van der Waals surface area contributed by atoms with E-state index in [9.17, 15) is 0 Å². The van der Waals surface area contributed by atoms with Crippen LogP contribution in [0.2, 0.25) is 0 Å². The number of aryl methyl sites for hydroxylation is 2. The van der Waals surface area contributed by atoms with E-state index in [1.54, 1.807) is 0 Å². The van der Waals surface area contributed by atoms with Crippen LogP contribution in [0.1, 0.15) is 36.5 Å². The van der Waals surface area contributed by atoms with Crippen molar-refractivity contribution in [3.05, 3.63) is 34.8 Å². The second kappa shape index (κ2) is 4.09. The van der Waals surface area contributed by atoms with Gasteiger partial charge < -0.3 is 4.40 Å². The van der Waals surface area contributed by atoms with Crippen molar-refractivity contribution in [2.45, 2.75) is 46.7 Å². The Morgan fingerprint density at radius 1 is 1.22 bits per heavy atom. The Hall–Kier alpha value is -1.35. The van der Waals surface area contributed by atoms with Crippen LogP contribution >= 0.6 is 0 Å². The lowest BCUT2D eigenvalue weighted by atomic mass is 10.1. The molecule has 2 aromatic rings. The summed E-state index contributed by atoms with van der Waals surface area (Å²) in [6, 6.07) is 5.03. The standard InChI is InChI=1S/C15H21N3/c1-10(2)17-6-5-14-13(9-17)16-15-8-11(3)7-12(4)18(14)15/h7-8,10H,5-6,9H2,1-4H3. The number of pyridine rings is 1. The Bertz CT molecular complexity index is 595. The van der Waals surface area contributed by atoms with Gasteiger partial charge in [-0.05, 0) is 45.4 Å². The third-order valence-corrected chi connectivity index (χ3v) is 3.95. The summed E-state index contributed by atoms with van der Waals surface area (Å²) in [5, 5.41) is 0. The molecule has 0 aromatic carbocycles. The van der Waals surface area contributed by atoms with Gasteiger partial charge in [0.2, 0.25) is 0 Å². The second-order valence-electron chi connectivity index (χ2n) is 5.69. The van der Waals surface area contributed by atoms with Gasteiger partial charge in [-0.25, -0.2) is 4.98 Å². The Morgan fingerprint density at radius 2 is 2.00 bits per heavy atom. The molecule has 0 unspecified atom stereocenters. The Labute approximate surface area is 108 Å². The Kier molecular flexibility index (Phi) is 2.67. The average Bonchev–Trinajstić information content (AvgIpc) is 2.65. The lowest BCUT2D eigenvalue weighted by Crippen LogP contribution is -2.36. The summed E-state index contributed by atoms with van der Waals surface area (Å²) in [5.74, 6) is 0. The van der Waals surface area contributed by atoms with Gasteiger partial charge in [0.25, 0.3) is 0 Å². The number of hydrogen-bond acceptors (Lipinski definition) is 2. The molecule has 3 rings (SSSR count). The van der Waals surface area contributed by atoms with Crippen LogP contribution in [0.25, 0.3) is 5.65 Å². The predicted octanol–water partition coefficient (Wildman–Crippen LogP) is 2.72. The molecule has 18 heavy (non-hydrogen) atoms. The van der Waals surface area contributed by atoms with E-state index in [-0.39, 0.29) is 0 Å². The summed E-state index contributed by atoms with van der Waals surface area (Å²) in [4.78, 5) is 7.33. The van der Waals surface area contributed by atoms with Gasteiger partial charge in [0.05, 0.1) is 5.69 Å². The molecule has 3 heterocycles. The van der Waals surface area contributed by atoms with Crippen LogP contribution in [-0.2, 0) is 13.0 Å². The van der Waals surface area contributed by atoms with Crippen molar-refractivity contribution < 1.29 is 0 Å². The highest BCUT2D eigenvalue weighted by Gasteiger charge is 2.23. The van der Waals surface area contributed by atoms with Crippen molar-refractivity contribution in [3.8, 4) is 0 Å². The molecule has 0 saturated heterocycles. The summed E-state index contributed by atoms with van der Waals surface area (Å²) in [5.41, 5.74) is 6.39. The van der Waals surface area contributed by atoms with E-state index in [0.29, 0.717) is 6.04 Å². The number of rotatable bonds is 1. The fourth-order valence-corrected chi connectivity index (χ4v) is 2.99. The van der Waals surface area contributed by atoms with Gasteiger partial charge >= 0.3 is 0 Å². The monoisotopic (exact) mass is 243 g/mol. The van der Waals surface area contributed by atoms with Gasteiger partial charge in [-0.2, -0.15) is 0 Å². The first-order chi connectivity index (χ1) is 8.56. The van der Waals surface area contributed by atoms with Crippen molar-refractivity contribution in [3.63, 3.8) is 0 Å². The van der Waals surface area contributed by atoms with Crippen LogP contribution in [0.5, 0.6) is 0 Å². The zero-order valence-corrected chi connectivity index (χ0v) is 11.7. The van der Waals surface area contributed by atoms with Crippen molar-refractivity contribution in [2.24, 2.45) is 0 Å². The van der Waals surface area contributed by atoms with Crippen LogP contribution in [0.4, 0.5) is 0 Å². The third-order valence-electron chi connectivity index (χ3n) is 3.95. The van der Waals surface area contributed by atoms with E-state index in [1.807, 2.05) is 0 Å². The number of hydrogen-bond donors (Lipinski definition) is 0. The van der Waals surface area contributed by atoms with E-state index in [1.165, 1.54) is 22.6 Å². The highest BCUT2D eigenvalue weighted by molar-refractivity contribution is 5.48. The molecule has 0 bridgehead atoms. The van der Waals surface area contributed by atoms with Crippen LogP contribution in [0.15, 0.2) is 12.1 Å². The van der Waals surface area contributed by atoms with Gasteiger partial charge in [-0.1, -0.05) is 0 Å². The topological polar surface area (TPSA) is 20.5 Å². The molecule has 2 aromatic heterocycles. The second-order valence-corrected chi connectivity index (χ2v) is 5.69. The quantitative estimate of drug-likeness (QED) is 0.767. The first-order valence-electron chi connectivity index (χ1n) is 6.78. The van der Waals surface area contributed by atoms with E-state index in [4.69, 9.17) is 4.98 Å². The maximum Gasteiger partial charge on any atom is 0.137 e. The van der Waals surface area contributed by atoms with E-state index in [2.05, 4.69) is 49.1 Å². The summed E-state index contributed by atoms with van der Waals surface area (Å²) < 4.78 is 2.33. The first kappa shape index (κ1) is 11.7. The summed E-state index contributed by atoms with van der Waals surface area (Å²) in [7, 11) is 0. The number of imidazole rings is 1. The van der Waals surface area contributed by atoms with E-state index >= 15 is 0 Å². The van der Waals surface area contributed by atoms with Gasteiger partial charge in [0, 0.05) is 36.9 Å². The molecule has 0 radical (unpaired) electrons.